The van der Waals surface area contributed by atoms with E-state index in [1.807, 2.05) is 6.07 Å². The highest BCUT2D eigenvalue weighted by atomic mass is 35.5. The Morgan fingerprint density at radius 2 is 2.11 bits per heavy atom. The molecule has 1 N–H and O–H groups in total. The summed E-state index contributed by atoms with van der Waals surface area (Å²) < 4.78 is 18.7. The van der Waals surface area contributed by atoms with Gasteiger partial charge < -0.3 is 9.73 Å². The monoisotopic (exact) mass is 265 g/mol. The molecule has 0 amide bonds. The van der Waals surface area contributed by atoms with Gasteiger partial charge in [-0.1, -0.05) is 11.6 Å². The summed E-state index contributed by atoms with van der Waals surface area (Å²) in [6.45, 7) is 0.653. The molecular weight excluding hydrogens is 253 g/mol. The number of benzene rings is 1. The highest BCUT2D eigenvalue weighted by Gasteiger charge is 2.21. The van der Waals surface area contributed by atoms with E-state index < -0.39 is 0 Å². The summed E-state index contributed by atoms with van der Waals surface area (Å²) in [5.74, 6) is 0.506. The lowest BCUT2D eigenvalue weighted by Crippen LogP contribution is -2.15. The van der Waals surface area contributed by atoms with Crippen LogP contribution in [0.2, 0.25) is 5.02 Å². The third-order valence-corrected chi connectivity index (χ3v) is 3.42. The summed E-state index contributed by atoms with van der Waals surface area (Å²) in [6.07, 6.45) is 4.05. The van der Waals surface area contributed by atoms with Gasteiger partial charge in [0.05, 0.1) is 12.8 Å². The molecule has 1 aliphatic rings. The molecule has 94 valence electrons. The lowest BCUT2D eigenvalue weighted by Gasteiger charge is -2.06. The van der Waals surface area contributed by atoms with Gasteiger partial charge >= 0.3 is 0 Å². The number of hydrogen-bond donors (Lipinski definition) is 1. The summed E-state index contributed by atoms with van der Waals surface area (Å²) in [4.78, 5) is 0. The summed E-state index contributed by atoms with van der Waals surface area (Å²) in [6, 6.07) is 6.79. The predicted molar refractivity (Wildman–Crippen MR) is 69.0 cm³/mol. The van der Waals surface area contributed by atoms with E-state index in [1.165, 1.54) is 25.0 Å². The molecule has 0 spiro atoms. The van der Waals surface area contributed by atoms with Gasteiger partial charge in [0.1, 0.15) is 11.6 Å². The van der Waals surface area contributed by atoms with E-state index in [2.05, 4.69) is 5.32 Å². The molecule has 1 aromatic carbocycles. The van der Waals surface area contributed by atoms with E-state index in [0.717, 1.165) is 11.3 Å². The van der Waals surface area contributed by atoms with E-state index in [1.54, 1.807) is 12.3 Å². The van der Waals surface area contributed by atoms with Gasteiger partial charge in [-0.2, -0.15) is 0 Å². The molecule has 2 nitrogen and oxygen atoms in total. The third-order valence-electron chi connectivity index (χ3n) is 3.09. The molecule has 1 saturated carbocycles. The number of hydrogen-bond acceptors (Lipinski definition) is 2. The molecule has 0 radical (unpaired) electrons. The van der Waals surface area contributed by atoms with Gasteiger partial charge in [0.15, 0.2) is 0 Å². The molecular formula is C14H13ClFNO. The minimum Gasteiger partial charge on any atom is -0.467 e. The van der Waals surface area contributed by atoms with Crippen LogP contribution in [0.3, 0.4) is 0 Å². The Balaban J connectivity index is 1.90. The second-order valence-electron chi connectivity index (χ2n) is 4.54. The largest absolute Gasteiger partial charge is 0.467 e. The highest BCUT2D eigenvalue weighted by Crippen LogP contribution is 2.32. The van der Waals surface area contributed by atoms with Gasteiger partial charge in [-0.3, -0.25) is 0 Å². The van der Waals surface area contributed by atoms with Crippen LogP contribution in [-0.2, 0) is 6.54 Å². The standard InChI is InChI=1S/C14H13ClFNO/c15-13-4-1-9(16)7-12(13)11-5-6-18-14(11)8-17-10-2-3-10/h1,4-7,10,17H,2-3,8H2. The van der Waals surface area contributed by atoms with Crippen molar-refractivity contribution in [1.82, 2.24) is 5.32 Å². The summed E-state index contributed by atoms with van der Waals surface area (Å²) in [7, 11) is 0. The molecule has 3 rings (SSSR count). The molecule has 0 unspecified atom stereocenters. The fourth-order valence-electron chi connectivity index (χ4n) is 1.95. The van der Waals surface area contributed by atoms with Gasteiger partial charge in [-0.25, -0.2) is 4.39 Å². The number of halogens is 2. The summed E-state index contributed by atoms with van der Waals surface area (Å²) in [5, 5.41) is 3.91. The first-order valence-corrected chi connectivity index (χ1v) is 6.37. The molecule has 4 heteroatoms. The molecule has 0 bridgehead atoms. The first-order valence-electron chi connectivity index (χ1n) is 5.99. The number of nitrogens with one attached hydrogen (secondary N) is 1. The van der Waals surface area contributed by atoms with Crippen LogP contribution >= 0.6 is 11.6 Å². The van der Waals surface area contributed by atoms with Gasteiger partial charge in [0.25, 0.3) is 0 Å². The topological polar surface area (TPSA) is 25.2 Å². The Labute approximate surface area is 110 Å². The Morgan fingerprint density at radius 3 is 2.89 bits per heavy atom. The molecule has 1 aromatic heterocycles. The van der Waals surface area contributed by atoms with Crippen molar-refractivity contribution in [3.63, 3.8) is 0 Å². The van der Waals surface area contributed by atoms with Crippen molar-refractivity contribution < 1.29 is 8.81 Å². The zero-order valence-electron chi connectivity index (χ0n) is 9.75. The molecule has 1 heterocycles. The Kier molecular flexibility index (Phi) is 3.10. The fraction of sp³-hybridized carbons (Fsp3) is 0.286. The first-order chi connectivity index (χ1) is 8.74. The van der Waals surface area contributed by atoms with Gasteiger partial charge in [-0.15, -0.1) is 0 Å². The minimum atomic E-state index is -0.295. The average molecular weight is 266 g/mol. The predicted octanol–water partition coefficient (Wildman–Crippen LogP) is 3.99. The van der Waals surface area contributed by atoms with E-state index in [9.17, 15) is 4.39 Å². The molecule has 18 heavy (non-hydrogen) atoms. The van der Waals surface area contributed by atoms with Crippen molar-refractivity contribution in [3.05, 3.63) is 47.1 Å². The van der Waals surface area contributed by atoms with E-state index >= 15 is 0 Å². The first kappa shape index (κ1) is 11.8. The molecule has 2 aromatic rings. The molecule has 0 saturated heterocycles. The van der Waals surface area contributed by atoms with Crippen LogP contribution in [0.25, 0.3) is 11.1 Å². The smallest absolute Gasteiger partial charge is 0.125 e. The Bertz CT molecular complexity index is 563. The average Bonchev–Trinajstić information content (AvgIpc) is 3.08. The normalized spacial score (nSPS) is 15.0. The van der Waals surface area contributed by atoms with Crippen LogP contribution in [0.15, 0.2) is 34.9 Å². The maximum Gasteiger partial charge on any atom is 0.125 e. The van der Waals surface area contributed by atoms with Crippen LogP contribution in [-0.4, -0.2) is 6.04 Å². The van der Waals surface area contributed by atoms with E-state index in [4.69, 9.17) is 16.0 Å². The molecule has 1 fully saturated rings. The van der Waals surface area contributed by atoms with Crippen LogP contribution in [0.5, 0.6) is 0 Å². The highest BCUT2D eigenvalue weighted by molar-refractivity contribution is 6.33. The fourth-order valence-corrected chi connectivity index (χ4v) is 2.17. The van der Waals surface area contributed by atoms with Crippen molar-refractivity contribution in [2.75, 3.05) is 0 Å². The Morgan fingerprint density at radius 1 is 1.28 bits per heavy atom. The maximum absolute atomic E-state index is 13.3. The SMILES string of the molecule is Fc1ccc(Cl)c(-c2ccoc2CNC2CC2)c1. The molecule has 0 atom stereocenters. The van der Waals surface area contributed by atoms with Crippen LogP contribution in [0, 0.1) is 5.82 Å². The van der Waals surface area contributed by atoms with E-state index in [-0.39, 0.29) is 5.82 Å². The second-order valence-corrected chi connectivity index (χ2v) is 4.94. The third kappa shape index (κ3) is 2.42. The van der Waals surface area contributed by atoms with Crippen LogP contribution in [0.4, 0.5) is 4.39 Å². The van der Waals surface area contributed by atoms with Gasteiger partial charge in [0.2, 0.25) is 0 Å². The zero-order chi connectivity index (χ0) is 12.5. The zero-order valence-corrected chi connectivity index (χ0v) is 10.5. The minimum absolute atomic E-state index is 0.295. The van der Waals surface area contributed by atoms with Crippen LogP contribution in [0.1, 0.15) is 18.6 Å². The van der Waals surface area contributed by atoms with Crippen molar-refractivity contribution >= 4 is 11.6 Å². The van der Waals surface area contributed by atoms with E-state index in [0.29, 0.717) is 23.2 Å². The van der Waals surface area contributed by atoms with Crippen molar-refractivity contribution in [2.24, 2.45) is 0 Å². The van der Waals surface area contributed by atoms with Gasteiger partial charge in [-0.05, 0) is 37.1 Å². The Hall–Kier alpha value is -1.32. The quantitative estimate of drug-likeness (QED) is 0.904. The van der Waals surface area contributed by atoms with Crippen LogP contribution < -0.4 is 5.32 Å². The summed E-state index contributed by atoms with van der Waals surface area (Å²) >= 11 is 6.11. The van der Waals surface area contributed by atoms with Crippen molar-refractivity contribution in [2.45, 2.75) is 25.4 Å². The molecule has 0 aliphatic heterocycles. The lowest BCUT2D eigenvalue weighted by molar-refractivity contribution is 0.483. The number of furan rings is 1. The van der Waals surface area contributed by atoms with Crippen molar-refractivity contribution in [3.8, 4) is 11.1 Å². The lowest BCUT2D eigenvalue weighted by atomic mass is 10.1. The number of rotatable bonds is 4. The van der Waals surface area contributed by atoms with Gasteiger partial charge in [0, 0.05) is 22.2 Å². The summed E-state index contributed by atoms with van der Waals surface area (Å²) in [5.41, 5.74) is 1.53. The maximum atomic E-state index is 13.3. The van der Waals surface area contributed by atoms with Crippen molar-refractivity contribution in [1.29, 1.82) is 0 Å². The molecule has 1 aliphatic carbocycles. The second kappa shape index (κ2) is 4.75.